The summed E-state index contributed by atoms with van der Waals surface area (Å²) >= 11 is 0. The molecular formula is C9H18OSi. The summed E-state index contributed by atoms with van der Waals surface area (Å²) < 4.78 is 0. The minimum absolute atomic E-state index is 0.397. The lowest BCUT2D eigenvalue weighted by molar-refractivity contribution is 0.221. The molecule has 0 bridgehead atoms. The molecule has 0 saturated heterocycles. The van der Waals surface area contributed by atoms with Crippen molar-refractivity contribution >= 4 is 8.07 Å². The number of rotatable bonds is 2. The third kappa shape index (κ3) is 7.64. The van der Waals surface area contributed by atoms with Crippen molar-refractivity contribution in [3.8, 4) is 11.5 Å². The molecule has 0 amide bonds. The predicted molar refractivity (Wildman–Crippen MR) is 52.0 cm³/mol. The Kier molecular flexibility index (Phi) is 4.47. The van der Waals surface area contributed by atoms with Crippen molar-refractivity contribution in [3.63, 3.8) is 0 Å². The zero-order valence-corrected chi connectivity index (χ0v) is 8.94. The van der Waals surface area contributed by atoms with Gasteiger partial charge in [0.05, 0.1) is 0 Å². The van der Waals surface area contributed by atoms with E-state index >= 15 is 0 Å². The standard InChI is InChI=1S/C9H18OSi/c1-5-6-9(10)7-8-11(2,3)4/h9-10H,5-6H2,1-4H3/t9-/m1/s1. The Balaban J connectivity index is 3.87. The molecule has 64 valence electrons. The lowest BCUT2D eigenvalue weighted by Gasteiger charge is -2.05. The van der Waals surface area contributed by atoms with E-state index in [1.54, 1.807) is 0 Å². The average Bonchev–Trinajstić information content (AvgIpc) is 1.83. The van der Waals surface area contributed by atoms with Gasteiger partial charge in [-0.3, -0.25) is 0 Å². The van der Waals surface area contributed by atoms with Crippen LogP contribution in [0.1, 0.15) is 19.8 Å². The van der Waals surface area contributed by atoms with Crippen molar-refractivity contribution in [2.24, 2.45) is 0 Å². The maximum Gasteiger partial charge on any atom is 0.129 e. The first-order valence-corrected chi connectivity index (χ1v) is 7.66. The molecule has 11 heavy (non-hydrogen) atoms. The summed E-state index contributed by atoms with van der Waals surface area (Å²) in [5.74, 6) is 2.89. The van der Waals surface area contributed by atoms with Crippen LogP contribution < -0.4 is 0 Å². The van der Waals surface area contributed by atoms with Gasteiger partial charge in [-0.1, -0.05) is 38.9 Å². The van der Waals surface area contributed by atoms with Crippen molar-refractivity contribution in [2.45, 2.75) is 45.5 Å². The minimum Gasteiger partial charge on any atom is -0.380 e. The fourth-order valence-electron chi connectivity index (χ4n) is 0.645. The predicted octanol–water partition coefficient (Wildman–Crippen LogP) is 2.03. The topological polar surface area (TPSA) is 20.2 Å². The molecule has 0 aromatic heterocycles. The zero-order chi connectivity index (χ0) is 8.91. The number of aliphatic hydroxyl groups is 1. The fraction of sp³-hybridized carbons (Fsp3) is 0.778. The van der Waals surface area contributed by atoms with Crippen molar-refractivity contribution in [3.05, 3.63) is 0 Å². The third-order valence-corrected chi connectivity index (χ3v) is 2.07. The van der Waals surface area contributed by atoms with Crippen molar-refractivity contribution in [1.29, 1.82) is 0 Å². The van der Waals surface area contributed by atoms with Crippen molar-refractivity contribution in [2.75, 3.05) is 0 Å². The summed E-state index contributed by atoms with van der Waals surface area (Å²) in [6.45, 7) is 8.59. The van der Waals surface area contributed by atoms with Crippen LogP contribution in [0, 0.1) is 11.5 Å². The van der Waals surface area contributed by atoms with Crippen LogP contribution in [0.5, 0.6) is 0 Å². The molecule has 0 spiro atoms. The summed E-state index contributed by atoms with van der Waals surface area (Å²) in [5.41, 5.74) is 3.15. The molecule has 1 nitrogen and oxygen atoms in total. The van der Waals surface area contributed by atoms with Gasteiger partial charge in [0.2, 0.25) is 0 Å². The van der Waals surface area contributed by atoms with Crippen LogP contribution in [-0.2, 0) is 0 Å². The zero-order valence-electron chi connectivity index (χ0n) is 7.94. The molecule has 0 heterocycles. The quantitative estimate of drug-likeness (QED) is 0.496. The number of aliphatic hydroxyl groups excluding tert-OH is 1. The van der Waals surface area contributed by atoms with Gasteiger partial charge in [-0.25, -0.2) is 0 Å². The van der Waals surface area contributed by atoms with E-state index in [2.05, 4.69) is 38.0 Å². The largest absolute Gasteiger partial charge is 0.380 e. The van der Waals surface area contributed by atoms with Crippen LogP contribution >= 0.6 is 0 Å². The van der Waals surface area contributed by atoms with Gasteiger partial charge in [0, 0.05) is 0 Å². The fourth-order valence-corrected chi connectivity index (χ4v) is 1.25. The Morgan fingerprint density at radius 2 is 1.91 bits per heavy atom. The average molecular weight is 170 g/mol. The van der Waals surface area contributed by atoms with Gasteiger partial charge in [0.25, 0.3) is 0 Å². The summed E-state index contributed by atoms with van der Waals surface area (Å²) in [4.78, 5) is 0. The van der Waals surface area contributed by atoms with Gasteiger partial charge >= 0.3 is 0 Å². The number of hydrogen-bond donors (Lipinski definition) is 1. The van der Waals surface area contributed by atoms with Gasteiger partial charge in [-0.15, -0.1) is 5.54 Å². The third-order valence-electron chi connectivity index (χ3n) is 1.18. The highest BCUT2D eigenvalue weighted by Gasteiger charge is 2.08. The van der Waals surface area contributed by atoms with E-state index in [9.17, 15) is 5.11 Å². The van der Waals surface area contributed by atoms with Crippen molar-refractivity contribution < 1.29 is 5.11 Å². The second-order valence-electron chi connectivity index (χ2n) is 3.82. The molecule has 0 unspecified atom stereocenters. The summed E-state index contributed by atoms with van der Waals surface area (Å²) in [5, 5.41) is 9.26. The molecule has 1 atom stereocenters. The van der Waals surface area contributed by atoms with Crippen LogP contribution in [0.25, 0.3) is 0 Å². The normalized spacial score (nSPS) is 13.5. The highest BCUT2D eigenvalue weighted by atomic mass is 28.3. The van der Waals surface area contributed by atoms with Gasteiger partial charge in [-0.05, 0) is 6.42 Å². The molecule has 0 rings (SSSR count). The van der Waals surface area contributed by atoms with E-state index in [0.29, 0.717) is 0 Å². The van der Waals surface area contributed by atoms with Gasteiger partial charge in [0.1, 0.15) is 14.2 Å². The van der Waals surface area contributed by atoms with Crippen LogP contribution in [0.4, 0.5) is 0 Å². The molecular weight excluding hydrogens is 152 g/mol. The Bertz CT molecular complexity index is 159. The minimum atomic E-state index is -1.27. The Hall–Kier alpha value is -0.263. The Morgan fingerprint density at radius 3 is 2.27 bits per heavy atom. The monoisotopic (exact) mass is 170 g/mol. The molecule has 0 aromatic rings. The molecule has 0 aliphatic heterocycles. The van der Waals surface area contributed by atoms with Crippen molar-refractivity contribution in [1.82, 2.24) is 0 Å². The molecule has 0 aliphatic rings. The molecule has 0 saturated carbocycles. The second kappa shape index (κ2) is 4.58. The highest BCUT2D eigenvalue weighted by Crippen LogP contribution is 1.99. The van der Waals surface area contributed by atoms with Gasteiger partial charge < -0.3 is 5.11 Å². The molecule has 2 heteroatoms. The maximum atomic E-state index is 9.26. The van der Waals surface area contributed by atoms with E-state index in [0.717, 1.165) is 12.8 Å². The molecule has 0 aromatic carbocycles. The second-order valence-corrected chi connectivity index (χ2v) is 8.57. The lowest BCUT2D eigenvalue weighted by atomic mass is 10.2. The maximum absolute atomic E-state index is 9.26. The highest BCUT2D eigenvalue weighted by molar-refractivity contribution is 6.83. The van der Waals surface area contributed by atoms with Crippen LogP contribution in [0.15, 0.2) is 0 Å². The van der Waals surface area contributed by atoms with E-state index in [-0.39, 0.29) is 0 Å². The molecule has 0 aliphatic carbocycles. The van der Waals surface area contributed by atoms with Gasteiger partial charge in [-0.2, -0.15) is 0 Å². The first kappa shape index (κ1) is 10.7. The van der Waals surface area contributed by atoms with Crippen LogP contribution in [0.2, 0.25) is 19.6 Å². The van der Waals surface area contributed by atoms with Gasteiger partial charge in [0.15, 0.2) is 0 Å². The first-order valence-electron chi connectivity index (χ1n) is 4.16. The molecule has 0 fully saturated rings. The first-order chi connectivity index (χ1) is 4.95. The summed E-state index contributed by atoms with van der Waals surface area (Å²) in [6, 6.07) is 0. The van der Waals surface area contributed by atoms with E-state index < -0.39 is 14.2 Å². The SMILES string of the molecule is CCC[C@@H](O)C#C[Si](C)(C)C. The Labute approximate surface area is 70.8 Å². The summed E-state index contributed by atoms with van der Waals surface area (Å²) in [7, 11) is -1.27. The van der Waals surface area contributed by atoms with Crippen LogP contribution in [0.3, 0.4) is 0 Å². The lowest BCUT2D eigenvalue weighted by Crippen LogP contribution is -2.17. The molecule has 0 radical (unpaired) electrons. The smallest absolute Gasteiger partial charge is 0.129 e. The molecule has 1 N–H and O–H groups in total. The van der Waals surface area contributed by atoms with E-state index in [1.807, 2.05) is 0 Å². The van der Waals surface area contributed by atoms with E-state index in [4.69, 9.17) is 0 Å². The van der Waals surface area contributed by atoms with E-state index in [1.165, 1.54) is 0 Å². The Morgan fingerprint density at radius 1 is 1.36 bits per heavy atom. The number of hydrogen-bond acceptors (Lipinski definition) is 1. The van der Waals surface area contributed by atoms with Crippen LogP contribution in [-0.4, -0.2) is 19.3 Å². The summed E-state index contributed by atoms with van der Waals surface area (Å²) in [6.07, 6.45) is 1.41.